The van der Waals surface area contributed by atoms with Crippen LogP contribution in [0.4, 0.5) is 4.39 Å². The average Bonchev–Trinajstić information content (AvgIpc) is 3.03. The Morgan fingerprint density at radius 2 is 1.86 bits per heavy atom. The summed E-state index contributed by atoms with van der Waals surface area (Å²) in [6.07, 6.45) is 3.07. The summed E-state index contributed by atoms with van der Waals surface area (Å²) in [6, 6.07) is 8.95. The first-order chi connectivity index (χ1) is 10.7. The molecule has 6 nitrogen and oxygen atoms in total. The maximum absolute atomic E-state index is 12.9. The summed E-state index contributed by atoms with van der Waals surface area (Å²) in [5.41, 5.74) is 1.13. The number of aromatic nitrogens is 3. The summed E-state index contributed by atoms with van der Waals surface area (Å²) in [4.78, 5) is 19.9. The zero-order valence-corrected chi connectivity index (χ0v) is 11.4. The van der Waals surface area contributed by atoms with Crippen LogP contribution in [0.25, 0.3) is 11.4 Å². The first-order valence-corrected chi connectivity index (χ1v) is 6.49. The van der Waals surface area contributed by atoms with Crippen molar-refractivity contribution in [1.29, 1.82) is 0 Å². The Balaban J connectivity index is 1.65. The summed E-state index contributed by atoms with van der Waals surface area (Å²) in [5.74, 6) is 0.0101. The fourth-order valence-electron chi connectivity index (χ4n) is 1.80. The zero-order valence-electron chi connectivity index (χ0n) is 11.4. The molecule has 0 fully saturated rings. The van der Waals surface area contributed by atoms with Crippen LogP contribution < -0.4 is 5.32 Å². The number of benzene rings is 1. The van der Waals surface area contributed by atoms with Gasteiger partial charge in [0, 0.05) is 23.5 Å². The number of rotatable bonds is 4. The molecule has 2 aromatic heterocycles. The van der Waals surface area contributed by atoms with Crippen LogP contribution in [0, 0.1) is 5.82 Å². The van der Waals surface area contributed by atoms with E-state index >= 15 is 0 Å². The van der Waals surface area contributed by atoms with Crippen LogP contribution in [0.15, 0.2) is 53.3 Å². The molecule has 3 rings (SSSR count). The summed E-state index contributed by atoms with van der Waals surface area (Å²) in [5, 5.41) is 6.46. The lowest BCUT2D eigenvalue weighted by Crippen LogP contribution is -2.22. The Labute approximate surface area is 125 Å². The monoisotopic (exact) mass is 298 g/mol. The molecule has 1 N–H and O–H groups in total. The van der Waals surface area contributed by atoms with Crippen LogP contribution in [0.2, 0.25) is 0 Å². The molecule has 0 aliphatic heterocycles. The van der Waals surface area contributed by atoms with Crippen molar-refractivity contribution < 1.29 is 13.7 Å². The van der Waals surface area contributed by atoms with E-state index in [0.717, 1.165) is 0 Å². The normalized spacial score (nSPS) is 10.4. The average molecular weight is 298 g/mol. The standard InChI is InChI=1S/C15H11FN4O2/c16-12-3-1-10(2-4-12)14-19-13(22-20-14)9-18-15(21)11-5-7-17-8-6-11/h1-8H,9H2,(H,18,21). The lowest BCUT2D eigenvalue weighted by molar-refractivity contribution is 0.0946. The van der Waals surface area contributed by atoms with Crippen molar-refractivity contribution in [3.8, 4) is 11.4 Å². The fraction of sp³-hybridized carbons (Fsp3) is 0.0667. The maximum atomic E-state index is 12.9. The summed E-state index contributed by atoms with van der Waals surface area (Å²) >= 11 is 0. The molecular formula is C15H11FN4O2. The van der Waals surface area contributed by atoms with Crippen LogP contribution in [-0.2, 0) is 6.54 Å². The summed E-state index contributed by atoms with van der Waals surface area (Å²) < 4.78 is 17.9. The number of halogens is 1. The van der Waals surface area contributed by atoms with Crippen LogP contribution >= 0.6 is 0 Å². The van der Waals surface area contributed by atoms with Gasteiger partial charge in [0.15, 0.2) is 0 Å². The molecule has 3 aromatic rings. The summed E-state index contributed by atoms with van der Waals surface area (Å²) in [7, 11) is 0. The molecule has 0 radical (unpaired) electrons. The second kappa shape index (κ2) is 6.13. The number of amides is 1. The molecule has 0 bridgehead atoms. The van der Waals surface area contributed by atoms with E-state index in [1.54, 1.807) is 24.3 Å². The van der Waals surface area contributed by atoms with Gasteiger partial charge in [-0.05, 0) is 36.4 Å². The number of nitrogens with one attached hydrogen (secondary N) is 1. The van der Waals surface area contributed by atoms with Gasteiger partial charge in [-0.15, -0.1) is 0 Å². The Morgan fingerprint density at radius 3 is 2.59 bits per heavy atom. The molecule has 0 atom stereocenters. The first kappa shape index (κ1) is 13.9. The van der Waals surface area contributed by atoms with Crippen molar-refractivity contribution in [2.75, 3.05) is 0 Å². The minimum absolute atomic E-state index is 0.106. The number of pyridine rings is 1. The Kier molecular flexibility index (Phi) is 3.86. The van der Waals surface area contributed by atoms with Gasteiger partial charge in [0.05, 0.1) is 6.54 Å². The van der Waals surface area contributed by atoms with Gasteiger partial charge in [-0.3, -0.25) is 9.78 Å². The minimum Gasteiger partial charge on any atom is -0.343 e. The zero-order chi connectivity index (χ0) is 15.4. The van der Waals surface area contributed by atoms with E-state index < -0.39 is 0 Å². The number of carbonyl (C=O) groups excluding carboxylic acids is 1. The van der Waals surface area contributed by atoms with Gasteiger partial charge in [0.1, 0.15) is 5.82 Å². The molecule has 0 unspecified atom stereocenters. The van der Waals surface area contributed by atoms with E-state index in [4.69, 9.17) is 4.52 Å². The van der Waals surface area contributed by atoms with Gasteiger partial charge < -0.3 is 9.84 Å². The number of hydrogen-bond donors (Lipinski definition) is 1. The SMILES string of the molecule is O=C(NCc1nc(-c2ccc(F)cc2)no1)c1ccncc1. The maximum Gasteiger partial charge on any atom is 0.251 e. The number of hydrogen-bond acceptors (Lipinski definition) is 5. The molecule has 110 valence electrons. The molecule has 0 aliphatic carbocycles. The minimum atomic E-state index is -0.336. The molecule has 2 heterocycles. The van der Waals surface area contributed by atoms with Crippen LogP contribution in [0.1, 0.15) is 16.2 Å². The third kappa shape index (κ3) is 3.14. The molecular weight excluding hydrogens is 287 g/mol. The number of nitrogens with zero attached hydrogens (tertiary/aromatic N) is 3. The quantitative estimate of drug-likeness (QED) is 0.798. The van der Waals surface area contributed by atoms with Crippen LogP contribution in [-0.4, -0.2) is 21.0 Å². The Bertz CT molecular complexity index is 772. The van der Waals surface area contributed by atoms with Gasteiger partial charge >= 0.3 is 0 Å². The predicted octanol–water partition coefficient (Wildman–Crippen LogP) is 2.20. The molecule has 0 saturated heterocycles. The van der Waals surface area contributed by atoms with Gasteiger partial charge in [-0.25, -0.2) is 4.39 Å². The van der Waals surface area contributed by atoms with Gasteiger partial charge in [-0.1, -0.05) is 5.16 Å². The highest BCUT2D eigenvalue weighted by Crippen LogP contribution is 2.16. The Hall–Kier alpha value is -3.09. The van der Waals surface area contributed by atoms with Crippen molar-refractivity contribution in [3.63, 3.8) is 0 Å². The van der Waals surface area contributed by atoms with Gasteiger partial charge in [-0.2, -0.15) is 4.98 Å². The third-order valence-corrected chi connectivity index (χ3v) is 2.91. The fourth-order valence-corrected chi connectivity index (χ4v) is 1.80. The molecule has 7 heteroatoms. The highest BCUT2D eigenvalue weighted by molar-refractivity contribution is 5.93. The Morgan fingerprint density at radius 1 is 1.14 bits per heavy atom. The number of carbonyl (C=O) groups is 1. The van der Waals surface area contributed by atoms with Gasteiger partial charge in [0.25, 0.3) is 5.91 Å². The van der Waals surface area contributed by atoms with E-state index in [1.165, 1.54) is 24.5 Å². The highest BCUT2D eigenvalue weighted by atomic mass is 19.1. The lowest BCUT2D eigenvalue weighted by atomic mass is 10.2. The van der Waals surface area contributed by atoms with Crippen molar-refractivity contribution in [2.24, 2.45) is 0 Å². The second-order valence-corrected chi connectivity index (χ2v) is 4.44. The van der Waals surface area contributed by atoms with Crippen LogP contribution in [0.5, 0.6) is 0 Å². The van der Waals surface area contributed by atoms with Crippen LogP contribution in [0.3, 0.4) is 0 Å². The third-order valence-electron chi connectivity index (χ3n) is 2.91. The predicted molar refractivity (Wildman–Crippen MR) is 75.1 cm³/mol. The molecule has 0 saturated carbocycles. The van der Waals surface area contributed by atoms with Crippen molar-refractivity contribution in [1.82, 2.24) is 20.4 Å². The van der Waals surface area contributed by atoms with E-state index in [0.29, 0.717) is 17.0 Å². The first-order valence-electron chi connectivity index (χ1n) is 6.49. The van der Waals surface area contributed by atoms with E-state index in [2.05, 4.69) is 20.4 Å². The molecule has 0 aliphatic rings. The molecule has 1 amide bonds. The highest BCUT2D eigenvalue weighted by Gasteiger charge is 2.10. The van der Waals surface area contributed by atoms with Crippen molar-refractivity contribution in [3.05, 3.63) is 66.1 Å². The van der Waals surface area contributed by atoms with E-state index in [1.807, 2.05) is 0 Å². The van der Waals surface area contributed by atoms with E-state index in [9.17, 15) is 9.18 Å². The van der Waals surface area contributed by atoms with E-state index in [-0.39, 0.29) is 24.2 Å². The second-order valence-electron chi connectivity index (χ2n) is 4.44. The van der Waals surface area contributed by atoms with Crippen molar-refractivity contribution >= 4 is 5.91 Å². The smallest absolute Gasteiger partial charge is 0.251 e. The summed E-state index contributed by atoms with van der Waals surface area (Å²) in [6.45, 7) is 0.106. The lowest BCUT2D eigenvalue weighted by Gasteiger charge is -2.00. The molecule has 1 aromatic carbocycles. The van der Waals surface area contributed by atoms with Crippen molar-refractivity contribution in [2.45, 2.75) is 6.54 Å². The van der Waals surface area contributed by atoms with Gasteiger partial charge in [0.2, 0.25) is 11.7 Å². The largest absolute Gasteiger partial charge is 0.343 e. The molecule has 22 heavy (non-hydrogen) atoms. The molecule has 0 spiro atoms. The topological polar surface area (TPSA) is 80.9 Å².